The quantitative estimate of drug-likeness (QED) is 0.690. The zero-order valence-corrected chi connectivity index (χ0v) is 6.94. The van der Waals surface area contributed by atoms with E-state index in [0.717, 1.165) is 13.0 Å². The van der Waals surface area contributed by atoms with Crippen molar-refractivity contribution in [3.05, 3.63) is 29.3 Å². The average molecular weight is 172 g/mol. The number of hydrogen-bond acceptors (Lipinski definition) is 1. The third kappa shape index (κ3) is 1.94. The van der Waals surface area contributed by atoms with Crippen molar-refractivity contribution in [2.75, 3.05) is 0 Å². The SMILES string of the molecule is Cc1cc(O)cc(C(C)(F)F)c1. The zero-order valence-electron chi connectivity index (χ0n) is 6.94. The zero-order chi connectivity index (χ0) is 9.35. The summed E-state index contributed by atoms with van der Waals surface area (Å²) in [6, 6.07) is 3.88. The predicted octanol–water partition coefficient (Wildman–Crippen LogP) is 2.81. The van der Waals surface area contributed by atoms with Crippen LogP contribution in [0.3, 0.4) is 0 Å². The van der Waals surface area contributed by atoms with Gasteiger partial charge < -0.3 is 5.11 Å². The molecule has 1 aromatic carbocycles. The van der Waals surface area contributed by atoms with Crippen molar-refractivity contribution in [3.63, 3.8) is 0 Å². The summed E-state index contributed by atoms with van der Waals surface area (Å²) in [4.78, 5) is 0. The Balaban J connectivity index is 3.18. The summed E-state index contributed by atoms with van der Waals surface area (Å²) in [6.07, 6.45) is 0. The van der Waals surface area contributed by atoms with Gasteiger partial charge in [-0.25, -0.2) is 8.78 Å². The van der Waals surface area contributed by atoms with Gasteiger partial charge in [-0.15, -0.1) is 0 Å². The van der Waals surface area contributed by atoms with Gasteiger partial charge in [0.15, 0.2) is 0 Å². The first-order valence-electron chi connectivity index (χ1n) is 3.58. The highest BCUT2D eigenvalue weighted by atomic mass is 19.3. The van der Waals surface area contributed by atoms with E-state index in [-0.39, 0.29) is 11.3 Å². The molecule has 0 bridgehead atoms. The van der Waals surface area contributed by atoms with Crippen molar-refractivity contribution in [2.24, 2.45) is 0 Å². The monoisotopic (exact) mass is 172 g/mol. The van der Waals surface area contributed by atoms with Gasteiger partial charge in [-0.1, -0.05) is 0 Å². The first kappa shape index (κ1) is 8.97. The third-order valence-electron chi connectivity index (χ3n) is 1.57. The molecule has 12 heavy (non-hydrogen) atoms. The van der Waals surface area contributed by atoms with Gasteiger partial charge in [0.25, 0.3) is 5.92 Å². The fourth-order valence-electron chi connectivity index (χ4n) is 1.02. The minimum absolute atomic E-state index is 0.119. The number of alkyl halides is 2. The number of benzene rings is 1. The maximum atomic E-state index is 12.7. The van der Waals surface area contributed by atoms with Crippen LogP contribution in [-0.2, 0) is 5.92 Å². The van der Waals surface area contributed by atoms with E-state index in [1.165, 1.54) is 12.1 Å². The van der Waals surface area contributed by atoms with Gasteiger partial charge in [0.2, 0.25) is 0 Å². The highest BCUT2D eigenvalue weighted by Crippen LogP contribution is 2.30. The highest BCUT2D eigenvalue weighted by molar-refractivity contribution is 5.34. The molecule has 0 heterocycles. The summed E-state index contributed by atoms with van der Waals surface area (Å²) in [5.74, 6) is -3.00. The molecule has 1 N–H and O–H groups in total. The Morgan fingerprint density at radius 3 is 2.25 bits per heavy atom. The van der Waals surface area contributed by atoms with Crippen molar-refractivity contribution in [3.8, 4) is 5.75 Å². The maximum Gasteiger partial charge on any atom is 0.270 e. The van der Waals surface area contributed by atoms with E-state index in [9.17, 15) is 8.78 Å². The van der Waals surface area contributed by atoms with Crippen LogP contribution in [0.2, 0.25) is 0 Å². The van der Waals surface area contributed by atoms with E-state index >= 15 is 0 Å². The fourth-order valence-corrected chi connectivity index (χ4v) is 1.02. The van der Waals surface area contributed by atoms with Gasteiger partial charge in [0.05, 0.1) is 0 Å². The summed E-state index contributed by atoms with van der Waals surface area (Å²) in [5, 5.41) is 9.02. The van der Waals surface area contributed by atoms with E-state index in [1.807, 2.05) is 0 Å². The van der Waals surface area contributed by atoms with Crippen LogP contribution in [0.25, 0.3) is 0 Å². The Hall–Kier alpha value is -1.12. The number of halogens is 2. The molecule has 0 radical (unpaired) electrons. The van der Waals surface area contributed by atoms with Crippen LogP contribution < -0.4 is 0 Å². The van der Waals surface area contributed by atoms with Gasteiger partial charge in [-0.2, -0.15) is 0 Å². The summed E-state index contributed by atoms with van der Waals surface area (Å²) in [5.41, 5.74) is 0.478. The molecule has 0 aliphatic heterocycles. The Morgan fingerprint density at radius 2 is 1.83 bits per heavy atom. The number of hydrogen-bond donors (Lipinski definition) is 1. The van der Waals surface area contributed by atoms with Crippen LogP contribution in [0.5, 0.6) is 5.75 Å². The lowest BCUT2D eigenvalue weighted by molar-refractivity contribution is 0.0172. The average Bonchev–Trinajstić information content (AvgIpc) is 1.82. The molecule has 0 spiro atoms. The first-order valence-corrected chi connectivity index (χ1v) is 3.58. The first-order chi connectivity index (χ1) is 5.39. The van der Waals surface area contributed by atoms with Crippen LogP contribution in [0.1, 0.15) is 18.1 Å². The van der Waals surface area contributed by atoms with Gasteiger partial charge in [-0.3, -0.25) is 0 Å². The van der Waals surface area contributed by atoms with E-state index in [2.05, 4.69) is 0 Å². The maximum absolute atomic E-state index is 12.7. The number of phenolic OH excluding ortho intramolecular Hbond substituents is 1. The van der Waals surface area contributed by atoms with Crippen LogP contribution in [0.4, 0.5) is 8.78 Å². The minimum atomic E-state index is -2.89. The molecule has 0 aliphatic carbocycles. The second-order valence-corrected chi connectivity index (χ2v) is 2.95. The second-order valence-electron chi connectivity index (χ2n) is 2.95. The minimum Gasteiger partial charge on any atom is -0.508 e. The standard InChI is InChI=1S/C9H10F2O/c1-6-3-7(9(2,10)11)5-8(12)4-6/h3-5,12H,1-2H3. The second kappa shape index (κ2) is 2.73. The van der Waals surface area contributed by atoms with Gasteiger partial charge in [0.1, 0.15) is 5.75 Å². The van der Waals surface area contributed by atoms with E-state index in [4.69, 9.17) is 5.11 Å². The third-order valence-corrected chi connectivity index (χ3v) is 1.57. The lowest BCUT2D eigenvalue weighted by Gasteiger charge is -2.11. The molecule has 1 aromatic rings. The van der Waals surface area contributed by atoms with Gasteiger partial charge in [-0.05, 0) is 30.7 Å². The molecule has 0 aromatic heterocycles. The number of rotatable bonds is 1. The summed E-state index contributed by atoms with van der Waals surface area (Å²) in [7, 11) is 0. The molecule has 1 nitrogen and oxygen atoms in total. The Labute approximate surface area is 69.7 Å². The van der Waals surface area contributed by atoms with Gasteiger partial charge in [0, 0.05) is 12.5 Å². The van der Waals surface area contributed by atoms with Crippen molar-refractivity contribution < 1.29 is 13.9 Å². The Bertz CT molecular complexity index is 269. The largest absolute Gasteiger partial charge is 0.508 e. The molecule has 3 heteroatoms. The molecular formula is C9H10F2O. The molecule has 0 unspecified atom stereocenters. The van der Waals surface area contributed by atoms with Gasteiger partial charge >= 0.3 is 0 Å². The van der Waals surface area contributed by atoms with E-state index < -0.39 is 5.92 Å². The molecule has 0 fully saturated rings. The smallest absolute Gasteiger partial charge is 0.270 e. The molecule has 66 valence electrons. The Morgan fingerprint density at radius 1 is 1.25 bits per heavy atom. The predicted molar refractivity (Wildman–Crippen MR) is 42.4 cm³/mol. The molecule has 0 aliphatic rings. The van der Waals surface area contributed by atoms with Crippen LogP contribution in [-0.4, -0.2) is 5.11 Å². The van der Waals surface area contributed by atoms with Crippen molar-refractivity contribution in [2.45, 2.75) is 19.8 Å². The molecule has 0 saturated carbocycles. The number of phenols is 1. The number of aryl methyl sites for hydroxylation is 1. The van der Waals surface area contributed by atoms with Crippen LogP contribution >= 0.6 is 0 Å². The van der Waals surface area contributed by atoms with Crippen molar-refractivity contribution >= 4 is 0 Å². The summed E-state index contributed by atoms with van der Waals surface area (Å²) < 4.78 is 25.4. The fraction of sp³-hybridized carbons (Fsp3) is 0.333. The lowest BCUT2D eigenvalue weighted by Crippen LogP contribution is -2.06. The number of aromatic hydroxyl groups is 1. The lowest BCUT2D eigenvalue weighted by atomic mass is 10.1. The molecule has 1 rings (SSSR count). The summed E-state index contributed by atoms with van der Waals surface area (Å²) >= 11 is 0. The molecular weight excluding hydrogens is 162 g/mol. The van der Waals surface area contributed by atoms with E-state index in [0.29, 0.717) is 5.56 Å². The van der Waals surface area contributed by atoms with Crippen molar-refractivity contribution in [1.29, 1.82) is 0 Å². The van der Waals surface area contributed by atoms with Crippen molar-refractivity contribution in [1.82, 2.24) is 0 Å². The topological polar surface area (TPSA) is 20.2 Å². The van der Waals surface area contributed by atoms with Crippen LogP contribution in [0, 0.1) is 6.92 Å². The Kier molecular flexibility index (Phi) is 2.04. The molecule has 0 amide bonds. The molecule has 0 atom stereocenters. The highest BCUT2D eigenvalue weighted by Gasteiger charge is 2.24. The normalized spacial score (nSPS) is 11.7. The van der Waals surface area contributed by atoms with Crippen LogP contribution in [0.15, 0.2) is 18.2 Å². The van der Waals surface area contributed by atoms with E-state index in [1.54, 1.807) is 6.92 Å². The summed E-state index contributed by atoms with van der Waals surface area (Å²) in [6.45, 7) is 2.47. The molecule has 0 saturated heterocycles.